The number of methoxy groups -OCH3 is 2. The second kappa shape index (κ2) is 7.24. The van der Waals surface area contributed by atoms with Crippen LogP contribution in [0.2, 0.25) is 0 Å². The molecule has 6 heteroatoms. The third-order valence-corrected chi connectivity index (χ3v) is 5.81. The Labute approximate surface area is 128 Å². The van der Waals surface area contributed by atoms with E-state index >= 15 is 0 Å². The molecule has 4 atom stereocenters. The molecule has 0 saturated carbocycles. The average Bonchev–Trinajstić information content (AvgIpc) is 2.92. The van der Waals surface area contributed by atoms with Crippen molar-refractivity contribution >= 4 is 10.8 Å². The quantitative estimate of drug-likeness (QED) is 0.864. The zero-order valence-electron chi connectivity index (χ0n) is 12.7. The largest absolute Gasteiger partial charge is 0.497 e. The SMILES string of the molecule is COc1ccc(C(N)CS(=O)C2CCOC2C)c(OC)c1. The monoisotopic (exact) mass is 313 g/mol. The Morgan fingerprint density at radius 1 is 1.43 bits per heavy atom. The average molecular weight is 313 g/mol. The van der Waals surface area contributed by atoms with Crippen LogP contribution in [0, 0.1) is 0 Å². The smallest absolute Gasteiger partial charge is 0.127 e. The summed E-state index contributed by atoms with van der Waals surface area (Å²) in [6, 6.07) is 5.16. The van der Waals surface area contributed by atoms with E-state index in [4.69, 9.17) is 19.9 Å². The highest BCUT2D eigenvalue weighted by molar-refractivity contribution is 7.85. The van der Waals surface area contributed by atoms with E-state index in [0.717, 1.165) is 12.0 Å². The van der Waals surface area contributed by atoms with Gasteiger partial charge in [-0.15, -0.1) is 0 Å². The summed E-state index contributed by atoms with van der Waals surface area (Å²) in [5.74, 6) is 1.78. The lowest BCUT2D eigenvalue weighted by molar-refractivity contribution is 0.127. The number of benzene rings is 1. The zero-order chi connectivity index (χ0) is 15.4. The van der Waals surface area contributed by atoms with Crippen molar-refractivity contribution in [2.24, 2.45) is 5.73 Å². The van der Waals surface area contributed by atoms with E-state index in [9.17, 15) is 4.21 Å². The summed E-state index contributed by atoms with van der Waals surface area (Å²) in [5.41, 5.74) is 7.07. The molecule has 2 rings (SSSR count). The molecule has 1 aliphatic heterocycles. The molecule has 5 nitrogen and oxygen atoms in total. The van der Waals surface area contributed by atoms with Crippen LogP contribution < -0.4 is 15.2 Å². The van der Waals surface area contributed by atoms with Crippen molar-refractivity contribution in [3.05, 3.63) is 23.8 Å². The maximum Gasteiger partial charge on any atom is 0.127 e. The minimum absolute atomic E-state index is 0.0378. The molecule has 0 aromatic heterocycles. The predicted molar refractivity (Wildman–Crippen MR) is 83.3 cm³/mol. The molecule has 1 fully saturated rings. The van der Waals surface area contributed by atoms with Gasteiger partial charge in [-0.05, 0) is 19.4 Å². The van der Waals surface area contributed by atoms with E-state index in [2.05, 4.69) is 0 Å². The standard InChI is InChI=1S/C15H23NO4S/c1-10-15(6-7-20-10)21(17)9-13(16)12-5-4-11(18-2)8-14(12)19-3/h4-5,8,10,13,15H,6-7,9,16H2,1-3H3. The zero-order valence-corrected chi connectivity index (χ0v) is 13.5. The van der Waals surface area contributed by atoms with Crippen LogP contribution in [-0.2, 0) is 15.5 Å². The van der Waals surface area contributed by atoms with Gasteiger partial charge in [0.1, 0.15) is 11.5 Å². The van der Waals surface area contributed by atoms with Gasteiger partial charge in [0, 0.05) is 40.8 Å². The van der Waals surface area contributed by atoms with E-state index in [1.54, 1.807) is 20.3 Å². The van der Waals surface area contributed by atoms with Crippen molar-refractivity contribution < 1.29 is 18.4 Å². The summed E-state index contributed by atoms with van der Waals surface area (Å²) in [4.78, 5) is 0. The van der Waals surface area contributed by atoms with Gasteiger partial charge < -0.3 is 19.9 Å². The second-order valence-corrected chi connectivity index (χ2v) is 6.87. The van der Waals surface area contributed by atoms with Crippen molar-refractivity contribution in [2.45, 2.75) is 30.7 Å². The highest BCUT2D eigenvalue weighted by Gasteiger charge is 2.31. The van der Waals surface area contributed by atoms with Crippen LogP contribution in [0.25, 0.3) is 0 Å². The lowest BCUT2D eigenvalue weighted by Crippen LogP contribution is -2.29. The molecule has 0 spiro atoms. The topological polar surface area (TPSA) is 70.8 Å². The summed E-state index contributed by atoms with van der Waals surface area (Å²) in [7, 11) is 2.18. The lowest BCUT2D eigenvalue weighted by Gasteiger charge is -2.19. The van der Waals surface area contributed by atoms with E-state index < -0.39 is 10.8 Å². The molecule has 4 unspecified atom stereocenters. The maximum atomic E-state index is 12.4. The van der Waals surface area contributed by atoms with Gasteiger partial charge in [0.2, 0.25) is 0 Å². The van der Waals surface area contributed by atoms with Crippen LogP contribution in [0.4, 0.5) is 0 Å². The van der Waals surface area contributed by atoms with Gasteiger partial charge in [0.25, 0.3) is 0 Å². The molecule has 0 amide bonds. The number of ether oxygens (including phenoxy) is 3. The highest BCUT2D eigenvalue weighted by atomic mass is 32.2. The lowest BCUT2D eigenvalue weighted by atomic mass is 10.1. The first-order chi connectivity index (χ1) is 10.1. The van der Waals surface area contributed by atoms with Gasteiger partial charge in [-0.1, -0.05) is 6.07 Å². The second-order valence-electron chi connectivity index (χ2n) is 5.16. The fraction of sp³-hybridized carbons (Fsp3) is 0.600. The van der Waals surface area contributed by atoms with Gasteiger partial charge in [0.15, 0.2) is 0 Å². The summed E-state index contributed by atoms with van der Waals surface area (Å²) < 4.78 is 28.4. The van der Waals surface area contributed by atoms with Gasteiger partial charge in [-0.3, -0.25) is 4.21 Å². The van der Waals surface area contributed by atoms with E-state index in [1.807, 2.05) is 19.1 Å². The number of rotatable bonds is 6. The number of hydrogen-bond acceptors (Lipinski definition) is 5. The molecule has 118 valence electrons. The molecule has 0 bridgehead atoms. The molecular weight excluding hydrogens is 290 g/mol. The van der Waals surface area contributed by atoms with Crippen molar-refractivity contribution in [1.29, 1.82) is 0 Å². The highest BCUT2D eigenvalue weighted by Crippen LogP contribution is 2.30. The van der Waals surface area contributed by atoms with Crippen LogP contribution >= 0.6 is 0 Å². The molecule has 21 heavy (non-hydrogen) atoms. The Morgan fingerprint density at radius 2 is 2.19 bits per heavy atom. The van der Waals surface area contributed by atoms with E-state index in [0.29, 0.717) is 23.9 Å². The fourth-order valence-electron chi connectivity index (χ4n) is 2.57. The summed E-state index contributed by atoms with van der Waals surface area (Å²) in [6.45, 7) is 2.65. The summed E-state index contributed by atoms with van der Waals surface area (Å²) in [5, 5.41) is 0.0697. The molecular formula is C15H23NO4S. The first kappa shape index (κ1) is 16.3. The van der Waals surface area contributed by atoms with Crippen LogP contribution in [-0.4, -0.2) is 42.1 Å². The molecule has 2 N–H and O–H groups in total. The van der Waals surface area contributed by atoms with Gasteiger partial charge in [-0.25, -0.2) is 0 Å². The Bertz CT molecular complexity index is 508. The fourth-order valence-corrected chi connectivity index (χ4v) is 4.22. The predicted octanol–water partition coefficient (Wildman–Crippen LogP) is 1.63. The van der Waals surface area contributed by atoms with Crippen LogP contribution in [0.3, 0.4) is 0 Å². The normalized spacial score (nSPS) is 24.6. The van der Waals surface area contributed by atoms with Crippen molar-refractivity contribution in [3.63, 3.8) is 0 Å². The molecule has 1 aliphatic rings. The van der Waals surface area contributed by atoms with E-state index in [1.165, 1.54) is 0 Å². The van der Waals surface area contributed by atoms with Crippen LogP contribution in [0.1, 0.15) is 24.9 Å². The Balaban J connectivity index is 2.09. The van der Waals surface area contributed by atoms with Crippen LogP contribution in [0.15, 0.2) is 18.2 Å². The summed E-state index contributed by atoms with van der Waals surface area (Å²) >= 11 is 0. The molecule has 1 saturated heterocycles. The van der Waals surface area contributed by atoms with Gasteiger partial charge in [0.05, 0.1) is 25.6 Å². The molecule has 0 radical (unpaired) electrons. The van der Waals surface area contributed by atoms with Crippen molar-refractivity contribution in [1.82, 2.24) is 0 Å². The maximum absolute atomic E-state index is 12.4. The van der Waals surface area contributed by atoms with Gasteiger partial charge >= 0.3 is 0 Å². The Morgan fingerprint density at radius 3 is 2.76 bits per heavy atom. The Hall–Kier alpha value is -1.11. The first-order valence-corrected chi connectivity index (χ1v) is 8.41. The van der Waals surface area contributed by atoms with Crippen LogP contribution in [0.5, 0.6) is 11.5 Å². The molecule has 1 aromatic carbocycles. The molecule has 1 aromatic rings. The third kappa shape index (κ3) is 3.75. The first-order valence-electron chi connectivity index (χ1n) is 7.03. The number of hydrogen-bond donors (Lipinski definition) is 1. The van der Waals surface area contributed by atoms with Gasteiger partial charge in [-0.2, -0.15) is 0 Å². The number of nitrogens with two attached hydrogens (primary N) is 1. The minimum atomic E-state index is -1.01. The molecule has 1 heterocycles. The summed E-state index contributed by atoms with van der Waals surface area (Å²) in [6.07, 6.45) is 0.871. The minimum Gasteiger partial charge on any atom is -0.497 e. The van der Waals surface area contributed by atoms with Crippen molar-refractivity contribution in [3.8, 4) is 11.5 Å². The molecule has 0 aliphatic carbocycles. The van der Waals surface area contributed by atoms with Crippen molar-refractivity contribution in [2.75, 3.05) is 26.6 Å². The van der Waals surface area contributed by atoms with E-state index in [-0.39, 0.29) is 17.4 Å². The third-order valence-electron chi connectivity index (χ3n) is 3.83. The Kier molecular flexibility index (Phi) is 5.61.